The molecule has 0 aliphatic rings. The lowest BCUT2D eigenvalue weighted by atomic mass is 10.2. The van der Waals surface area contributed by atoms with Crippen molar-refractivity contribution in [3.63, 3.8) is 0 Å². The van der Waals surface area contributed by atoms with Crippen LogP contribution in [0.4, 0.5) is 8.78 Å². The van der Waals surface area contributed by atoms with Crippen molar-refractivity contribution in [3.05, 3.63) is 34.4 Å². The molecule has 12 heavy (non-hydrogen) atoms. The predicted octanol–water partition coefficient (Wildman–Crippen LogP) is 3.95. The van der Waals surface area contributed by atoms with E-state index in [4.69, 9.17) is 11.6 Å². The first-order valence-corrected chi connectivity index (χ1v) is 4.11. The summed E-state index contributed by atoms with van der Waals surface area (Å²) in [5.41, 5.74) is 0.266. The van der Waals surface area contributed by atoms with Gasteiger partial charge in [0.05, 0.1) is 5.02 Å². The van der Waals surface area contributed by atoms with Crippen LogP contribution in [0.15, 0.2) is 12.1 Å². The van der Waals surface area contributed by atoms with Crippen LogP contribution in [-0.4, -0.2) is 0 Å². The van der Waals surface area contributed by atoms with Gasteiger partial charge in [-0.2, -0.15) is 0 Å². The highest BCUT2D eigenvalue weighted by atomic mass is 35.5. The van der Waals surface area contributed by atoms with E-state index in [2.05, 4.69) is 0 Å². The molecule has 1 aromatic rings. The minimum atomic E-state index is -0.971. The molecule has 0 nitrogen and oxygen atoms in total. The molecule has 1 aromatic carbocycles. The Morgan fingerprint density at radius 1 is 1.08 bits per heavy atom. The van der Waals surface area contributed by atoms with Crippen LogP contribution in [0.25, 0.3) is 0 Å². The zero-order chi connectivity index (χ0) is 9.72. The number of halogens is 3. The number of benzene rings is 1. The van der Waals surface area contributed by atoms with E-state index in [9.17, 15) is 8.78 Å². The van der Waals surface area contributed by atoms with Gasteiger partial charge in [0.1, 0.15) is 0 Å². The number of rotatable bonds is 0. The van der Waals surface area contributed by atoms with Crippen molar-refractivity contribution in [1.29, 1.82) is 0 Å². The van der Waals surface area contributed by atoms with Gasteiger partial charge in [0, 0.05) is 0 Å². The highest BCUT2D eigenvalue weighted by molar-refractivity contribution is 6.30. The lowest BCUT2D eigenvalue weighted by Crippen LogP contribution is -1.88. The minimum absolute atomic E-state index is 0.178. The molecule has 0 saturated carbocycles. The first-order chi connectivity index (χ1) is 5.63. The van der Waals surface area contributed by atoms with Crippen LogP contribution >= 0.6 is 11.6 Å². The molecule has 0 atom stereocenters. The van der Waals surface area contributed by atoms with Crippen molar-refractivity contribution in [3.8, 4) is 0 Å². The third-order valence-corrected chi connectivity index (χ3v) is 1.52. The lowest BCUT2D eigenvalue weighted by Gasteiger charge is -1.97. The summed E-state index contributed by atoms with van der Waals surface area (Å²) >= 11 is 5.27. The summed E-state index contributed by atoms with van der Waals surface area (Å²) in [5, 5.41) is -0.178. The van der Waals surface area contributed by atoms with Gasteiger partial charge < -0.3 is 0 Å². The van der Waals surface area contributed by atoms with E-state index in [-0.39, 0.29) is 10.6 Å². The van der Waals surface area contributed by atoms with Gasteiger partial charge >= 0.3 is 0 Å². The third-order valence-electron chi connectivity index (χ3n) is 1.23. The van der Waals surface area contributed by atoms with Crippen LogP contribution in [0.3, 0.4) is 0 Å². The predicted molar refractivity (Wildman–Crippen MR) is 47.5 cm³/mol. The molecular weight excluding hydrogens is 182 g/mol. The van der Waals surface area contributed by atoms with Crippen molar-refractivity contribution < 1.29 is 8.78 Å². The Labute approximate surface area is 76.2 Å². The molecule has 1 rings (SSSR count). The first kappa shape index (κ1) is 11.4. The molecule has 0 amide bonds. The smallest absolute Gasteiger partial charge is 0.177 e. The summed E-state index contributed by atoms with van der Waals surface area (Å²) in [5.74, 6) is -1.84. The van der Waals surface area contributed by atoms with Crippen LogP contribution < -0.4 is 0 Å². The topological polar surface area (TPSA) is 0 Å². The molecule has 0 radical (unpaired) electrons. The van der Waals surface area contributed by atoms with Crippen LogP contribution in [0, 0.1) is 18.6 Å². The summed E-state index contributed by atoms with van der Waals surface area (Å²) in [7, 11) is 0. The standard InChI is InChI=1S/C7H5ClF2.C2H6/c1-4-2-3-5(8)7(10)6(4)9;1-2/h2-3H,1H3;1-2H3. The Morgan fingerprint density at radius 3 is 2.00 bits per heavy atom. The molecule has 0 spiro atoms. The molecule has 0 bridgehead atoms. The lowest BCUT2D eigenvalue weighted by molar-refractivity contribution is 0.503. The maximum Gasteiger partial charge on any atom is 0.177 e. The van der Waals surface area contributed by atoms with Crippen LogP contribution in [-0.2, 0) is 0 Å². The normalized spacial score (nSPS) is 8.83. The van der Waals surface area contributed by atoms with E-state index >= 15 is 0 Å². The first-order valence-electron chi connectivity index (χ1n) is 3.73. The highest BCUT2D eigenvalue weighted by Gasteiger charge is 2.07. The third kappa shape index (κ3) is 2.45. The minimum Gasteiger partial charge on any atom is -0.203 e. The fourth-order valence-electron chi connectivity index (χ4n) is 0.622. The Morgan fingerprint density at radius 2 is 1.58 bits per heavy atom. The molecule has 0 aromatic heterocycles. The molecule has 0 saturated heterocycles. The second kappa shape index (κ2) is 5.09. The van der Waals surface area contributed by atoms with Crippen molar-refractivity contribution in [2.75, 3.05) is 0 Å². The van der Waals surface area contributed by atoms with E-state index in [0.29, 0.717) is 0 Å². The summed E-state index contributed by atoms with van der Waals surface area (Å²) in [6, 6.07) is 2.76. The van der Waals surface area contributed by atoms with E-state index in [1.807, 2.05) is 13.8 Å². The maximum absolute atomic E-state index is 12.5. The fourth-order valence-corrected chi connectivity index (χ4v) is 0.768. The Balaban J connectivity index is 0.000000561. The number of hydrogen-bond donors (Lipinski definition) is 0. The van der Waals surface area contributed by atoms with Crippen molar-refractivity contribution in [2.24, 2.45) is 0 Å². The molecule has 0 N–H and O–H groups in total. The summed E-state index contributed by atoms with van der Waals surface area (Å²) in [6.45, 7) is 5.48. The summed E-state index contributed by atoms with van der Waals surface area (Å²) < 4.78 is 25.0. The van der Waals surface area contributed by atoms with Gasteiger partial charge in [-0.15, -0.1) is 0 Å². The number of hydrogen-bond acceptors (Lipinski definition) is 0. The zero-order valence-electron chi connectivity index (χ0n) is 7.29. The molecular formula is C9H11ClF2. The second-order valence-corrected chi connectivity index (χ2v) is 2.40. The zero-order valence-corrected chi connectivity index (χ0v) is 8.04. The van der Waals surface area contributed by atoms with Gasteiger partial charge in [0.15, 0.2) is 11.6 Å². The van der Waals surface area contributed by atoms with E-state index in [1.54, 1.807) is 0 Å². The monoisotopic (exact) mass is 192 g/mol. The molecule has 3 heteroatoms. The van der Waals surface area contributed by atoms with Crippen molar-refractivity contribution in [1.82, 2.24) is 0 Å². The maximum atomic E-state index is 12.5. The molecule has 68 valence electrons. The largest absolute Gasteiger partial charge is 0.203 e. The van der Waals surface area contributed by atoms with Gasteiger partial charge in [-0.05, 0) is 18.6 Å². The van der Waals surface area contributed by atoms with E-state index in [0.717, 1.165) is 0 Å². The van der Waals surface area contributed by atoms with Crippen LogP contribution in [0.5, 0.6) is 0 Å². The van der Waals surface area contributed by atoms with Gasteiger partial charge in [-0.1, -0.05) is 31.5 Å². The van der Waals surface area contributed by atoms with Gasteiger partial charge in [-0.3, -0.25) is 0 Å². The Bertz CT molecular complexity index is 232. The fraction of sp³-hybridized carbons (Fsp3) is 0.333. The molecule has 0 heterocycles. The van der Waals surface area contributed by atoms with Crippen molar-refractivity contribution in [2.45, 2.75) is 20.8 Å². The highest BCUT2D eigenvalue weighted by Crippen LogP contribution is 2.19. The van der Waals surface area contributed by atoms with E-state index < -0.39 is 11.6 Å². The quantitative estimate of drug-likeness (QED) is 0.546. The second-order valence-electron chi connectivity index (χ2n) is 1.99. The van der Waals surface area contributed by atoms with Gasteiger partial charge in [-0.25, -0.2) is 8.78 Å². The SMILES string of the molecule is CC.Cc1ccc(Cl)c(F)c1F. The average molecular weight is 193 g/mol. The van der Waals surface area contributed by atoms with Crippen LogP contribution in [0.2, 0.25) is 5.02 Å². The molecule has 0 aliphatic carbocycles. The molecule has 0 aliphatic heterocycles. The molecule has 0 unspecified atom stereocenters. The summed E-state index contributed by atoms with van der Waals surface area (Å²) in [6.07, 6.45) is 0. The molecule has 0 fully saturated rings. The van der Waals surface area contributed by atoms with Crippen molar-refractivity contribution >= 4 is 11.6 Å². The Hall–Kier alpha value is -0.630. The average Bonchev–Trinajstić information content (AvgIpc) is 2.12. The number of aryl methyl sites for hydroxylation is 1. The van der Waals surface area contributed by atoms with Gasteiger partial charge in [0.2, 0.25) is 0 Å². The van der Waals surface area contributed by atoms with E-state index in [1.165, 1.54) is 19.1 Å². The summed E-state index contributed by atoms with van der Waals surface area (Å²) in [4.78, 5) is 0. The van der Waals surface area contributed by atoms with Crippen LogP contribution in [0.1, 0.15) is 19.4 Å². The van der Waals surface area contributed by atoms with Gasteiger partial charge in [0.25, 0.3) is 0 Å². The Kier molecular flexibility index (Phi) is 4.83.